The van der Waals surface area contributed by atoms with Crippen LogP contribution in [-0.4, -0.2) is 18.4 Å². The highest BCUT2D eigenvalue weighted by Crippen LogP contribution is 2.19. The van der Waals surface area contributed by atoms with Crippen molar-refractivity contribution in [3.8, 4) is 0 Å². The van der Waals surface area contributed by atoms with Crippen LogP contribution >= 0.6 is 15.9 Å². The summed E-state index contributed by atoms with van der Waals surface area (Å²) in [7, 11) is 0. The van der Waals surface area contributed by atoms with E-state index >= 15 is 0 Å². The minimum absolute atomic E-state index is 0.0143. The molecule has 0 aliphatic heterocycles. The first-order valence-electron chi connectivity index (χ1n) is 6.85. The molecule has 0 aromatic heterocycles. The Kier molecular flexibility index (Phi) is 7.30. The van der Waals surface area contributed by atoms with E-state index in [0.717, 1.165) is 35.0 Å². The number of hydrogen-bond acceptors (Lipinski definition) is 2. The van der Waals surface area contributed by atoms with Gasteiger partial charge in [-0.15, -0.1) is 0 Å². The number of carbonyl (C=O) groups excluding carboxylic acids is 2. The van der Waals surface area contributed by atoms with Gasteiger partial charge < -0.3 is 10.6 Å². The Bertz CT molecular complexity index is 475. The minimum atomic E-state index is -0.209. The maximum atomic E-state index is 11.7. The summed E-state index contributed by atoms with van der Waals surface area (Å²) in [4.78, 5) is 23.2. The van der Waals surface area contributed by atoms with Gasteiger partial charge in [0.2, 0.25) is 11.8 Å². The van der Waals surface area contributed by atoms with E-state index in [1.165, 1.54) is 0 Å². The highest BCUT2D eigenvalue weighted by Gasteiger charge is 2.07. The zero-order chi connectivity index (χ0) is 15.0. The standard InChI is InChI=1S/C15H21BrN2O2/c1-3-4-5-6-14(19)17-10-15(20)18-13-8-7-12(16)9-11(13)2/h7-9H,3-6,10H2,1-2H3,(H,17,19)(H,18,20). The second kappa shape index (κ2) is 8.74. The van der Waals surface area contributed by atoms with Crippen molar-refractivity contribution >= 4 is 33.4 Å². The van der Waals surface area contributed by atoms with Gasteiger partial charge in [0.15, 0.2) is 0 Å². The molecule has 1 aromatic carbocycles. The van der Waals surface area contributed by atoms with E-state index in [0.29, 0.717) is 6.42 Å². The van der Waals surface area contributed by atoms with Crippen molar-refractivity contribution in [3.05, 3.63) is 28.2 Å². The van der Waals surface area contributed by atoms with Crippen LogP contribution in [0.1, 0.15) is 38.2 Å². The zero-order valence-electron chi connectivity index (χ0n) is 12.0. The van der Waals surface area contributed by atoms with Gasteiger partial charge in [-0.25, -0.2) is 0 Å². The van der Waals surface area contributed by atoms with Crippen molar-refractivity contribution in [2.24, 2.45) is 0 Å². The van der Waals surface area contributed by atoms with Crippen LogP contribution in [0, 0.1) is 6.92 Å². The molecular weight excluding hydrogens is 320 g/mol. The molecule has 0 fully saturated rings. The van der Waals surface area contributed by atoms with Crippen molar-refractivity contribution in [1.29, 1.82) is 0 Å². The maximum absolute atomic E-state index is 11.7. The molecule has 0 aliphatic carbocycles. The molecule has 20 heavy (non-hydrogen) atoms. The van der Waals surface area contributed by atoms with E-state index in [2.05, 4.69) is 33.5 Å². The van der Waals surface area contributed by atoms with Gasteiger partial charge in [0.05, 0.1) is 6.54 Å². The lowest BCUT2D eigenvalue weighted by atomic mass is 10.2. The van der Waals surface area contributed by atoms with Crippen molar-refractivity contribution in [2.45, 2.75) is 39.5 Å². The Morgan fingerprint density at radius 3 is 2.60 bits per heavy atom. The molecule has 0 heterocycles. The van der Waals surface area contributed by atoms with Gasteiger partial charge >= 0.3 is 0 Å². The number of hydrogen-bond donors (Lipinski definition) is 2. The lowest BCUT2D eigenvalue weighted by Crippen LogP contribution is -2.32. The van der Waals surface area contributed by atoms with Crippen LogP contribution in [0.25, 0.3) is 0 Å². The molecule has 1 aromatic rings. The molecule has 0 saturated carbocycles. The molecule has 110 valence electrons. The van der Waals surface area contributed by atoms with Gasteiger partial charge in [-0.05, 0) is 37.1 Å². The van der Waals surface area contributed by atoms with Crippen molar-refractivity contribution in [2.75, 3.05) is 11.9 Å². The summed E-state index contributed by atoms with van der Waals surface area (Å²) in [5, 5.41) is 5.42. The number of amides is 2. The average molecular weight is 341 g/mol. The number of rotatable bonds is 7. The van der Waals surface area contributed by atoms with Gasteiger partial charge in [-0.1, -0.05) is 35.7 Å². The quantitative estimate of drug-likeness (QED) is 0.747. The van der Waals surface area contributed by atoms with Crippen LogP contribution in [0.3, 0.4) is 0 Å². The third-order valence-corrected chi connectivity index (χ3v) is 3.41. The van der Waals surface area contributed by atoms with E-state index in [9.17, 15) is 9.59 Å². The molecule has 1 rings (SSSR count). The van der Waals surface area contributed by atoms with Crippen molar-refractivity contribution in [1.82, 2.24) is 5.32 Å². The van der Waals surface area contributed by atoms with Crippen LogP contribution < -0.4 is 10.6 Å². The molecule has 0 aliphatic rings. The third kappa shape index (κ3) is 6.19. The first kappa shape index (κ1) is 16.7. The predicted octanol–water partition coefficient (Wildman–Crippen LogP) is 3.39. The monoisotopic (exact) mass is 340 g/mol. The summed E-state index contributed by atoms with van der Waals surface area (Å²) >= 11 is 3.37. The zero-order valence-corrected chi connectivity index (χ0v) is 13.5. The van der Waals surface area contributed by atoms with Gasteiger partial charge in [0.25, 0.3) is 0 Å². The number of unbranched alkanes of at least 4 members (excludes halogenated alkanes) is 2. The van der Waals surface area contributed by atoms with Crippen molar-refractivity contribution in [3.63, 3.8) is 0 Å². The highest BCUT2D eigenvalue weighted by atomic mass is 79.9. The molecule has 0 bridgehead atoms. The van der Waals surface area contributed by atoms with Crippen LogP contribution in [0.15, 0.2) is 22.7 Å². The molecule has 0 atom stereocenters. The lowest BCUT2D eigenvalue weighted by Gasteiger charge is -2.09. The van der Waals surface area contributed by atoms with Crippen molar-refractivity contribution < 1.29 is 9.59 Å². The second-order valence-electron chi connectivity index (χ2n) is 4.74. The topological polar surface area (TPSA) is 58.2 Å². The largest absolute Gasteiger partial charge is 0.347 e. The van der Waals surface area contributed by atoms with Gasteiger partial charge in [-0.3, -0.25) is 9.59 Å². The fraction of sp³-hybridized carbons (Fsp3) is 0.467. The fourth-order valence-electron chi connectivity index (χ4n) is 1.76. The number of carbonyl (C=O) groups is 2. The van der Waals surface area contributed by atoms with Gasteiger partial charge in [0, 0.05) is 16.6 Å². The van der Waals surface area contributed by atoms with E-state index in [1.807, 2.05) is 25.1 Å². The van der Waals surface area contributed by atoms with E-state index in [-0.39, 0.29) is 18.4 Å². The SMILES string of the molecule is CCCCCC(=O)NCC(=O)Nc1ccc(Br)cc1C. The summed E-state index contributed by atoms with van der Waals surface area (Å²) in [5.41, 5.74) is 1.74. The van der Waals surface area contributed by atoms with Crippen LogP contribution in [0.5, 0.6) is 0 Å². The van der Waals surface area contributed by atoms with Gasteiger partial charge in [-0.2, -0.15) is 0 Å². The molecule has 0 spiro atoms. The molecule has 2 N–H and O–H groups in total. The van der Waals surface area contributed by atoms with Gasteiger partial charge in [0.1, 0.15) is 0 Å². The molecule has 2 amide bonds. The van der Waals surface area contributed by atoms with Crippen LogP contribution in [0.4, 0.5) is 5.69 Å². The van der Waals surface area contributed by atoms with Crippen LogP contribution in [-0.2, 0) is 9.59 Å². The molecule has 0 saturated heterocycles. The number of halogens is 1. The Balaban J connectivity index is 2.34. The smallest absolute Gasteiger partial charge is 0.243 e. The Morgan fingerprint density at radius 1 is 1.20 bits per heavy atom. The Labute approximate surface area is 128 Å². The number of benzene rings is 1. The van der Waals surface area contributed by atoms with E-state index in [1.54, 1.807) is 0 Å². The molecular formula is C15H21BrN2O2. The second-order valence-corrected chi connectivity index (χ2v) is 5.66. The van der Waals surface area contributed by atoms with E-state index < -0.39 is 0 Å². The first-order chi connectivity index (χ1) is 9.52. The number of aryl methyl sites for hydroxylation is 1. The first-order valence-corrected chi connectivity index (χ1v) is 7.65. The van der Waals surface area contributed by atoms with Crippen LogP contribution in [0.2, 0.25) is 0 Å². The van der Waals surface area contributed by atoms with E-state index in [4.69, 9.17) is 0 Å². The molecule has 4 nitrogen and oxygen atoms in total. The third-order valence-electron chi connectivity index (χ3n) is 2.92. The summed E-state index contributed by atoms with van der Waals surface area (Å²) in [6.07, 6.45) is 3.47. The predicted molar refractivity (Wildman–Crippen MR) is 84.7 cm³/mol. The molecule has 5 heteroatoms. The summed E-state index contributed by atoms with van der Waals surface area (Å²) < 4.78 is 0.970. The average Bonchev–Trinajstić information content (AvgIpc) is 2.40. The molecule has 0 unspecified atom stereocenters. The normalized spacial score (nSPS) is 10.2. The maximum Gasteiger partial charge on any atom is 0.243 e. The Morgan fingerprint density at radius 2 is 1.95 bits per heavy atom. The summed E-state index contributed by atoms with van der Waals surface area (Å²) in [5.74, 6) is -0.277. The molecule has 0 radical (unpaired) electrons. The highest BCUT2D eigenvalue weighted by molar-refractivity contribution is 9.10. The summed E-state index contributed by atoms with van der Waals surface area (Å²) in [6.45, 7) is 4.02. The minimum Gasteiger partial charge on any atom is -0.347 e. The fourth-order valence-corrected chi connectivity index (χ4v) is 2.24. The number of nitrogens with one attached hydrogen (secondary N) is 2. The lowest BCUT2D eigenvalue weighted by molar-refractivity contribution is -0.124. The number of anilines is 1. The summed E-state index contributed by atoms with van der Waals surface area (Å²) in [6, 6.07) is 5.63. The Hall–Kier alpha value is -1.36.